The number of hydrogen-bond acceptors (Lipinski definition) is 1. The van der Waals surface area contributed by atoms with Gasteiger partial charge in [0, 0.05) is 10.0 Å². The summed E-state index contributed by atoms with van der Waals surface area (Å²) in [4.78, 5) is 0. The van der Waals surface area contributed by atoms with Gasteiger partial charge in [-0.05, 0) is 18.6 Å². The van der Waals surface area contributed by atoms with Gasteiger partial charge in [0.25, 0.3) is 0 Å². The number of aliphatic hydroxyl groups excluding tert-OH is 1. The van der Waals surface area contributed by atoms with Crippen LogP contribution >= 0.6 is 15.9 Å². The van der Waals surface area contributed by atoms with E-state index in [1.807, 2.05) is 0 Å². The average Bonchev–Trinajstić information content (AvgIpc) is 2.15. The zero-order valence-electron chi connectivity index (χ0n) is 8.98. The molecule has 1 nitrogen and oxygen atoms in total. The molecule has 0 amide bonds. The molecule has 0 fully saturated rings. The van der Waals surface area contributed by atoms with E-state index < -0.39 is 23.7 Å². The van der Waals surface area contributed by atoms with Crippen molar-refractivity contribution < 1.29 is 22.7 Å². The van der Waals surface area contributed by atoms with Gasteiger partial charge in [-0.3, -0.25) is 0 Å². The van der Waals surface area contributed by atoms with Crippen molar-refractivity contribution in [2.24, 2.45) is 0 Å². The molecular formula is C11H11BrF4O. The molecule has 1 unspecified atom stereocenters. The lowest BCUT2D eigenvalue weighted by Crippen LogP contribution is -2.12. The smallest absolute Gasteiger partial charge is 0.388 e. The Kier molecular flexibility index (Phi) is 4.55. The zero-order chi connectivity index (χ0) is 13.2. The molecule has 1 aromatic rings. The topological polar surface area (TPSA) is 20.2 Å². The first-order valence-electron chi connectivity index (χ1n) is 5.02. The Morgan fingerprint density at radius 2 is 1.94 bits per heavy atom. The Balaban J connectivity index is 3.30. The molecule has 0 saturated carbocycles. The van der Waals surface area contributed by atoms with Crippen LogP contribution in [0.25, 0.3) is 0 Å². The molecule has 6 heteroatoms. The lowest BCUT2D eigenvalue weighted by atomic mass is 10.0. The standard InChI is InChI=1S/C11H11BrF4O/c1-2-3-8(17)9-7(12)5-4-6(10(9)13)11(14,15)16/h4-5,8,17H,2-3H2,1H3. The lowest BCUT2D eigenvalue weighted by molar-refractivity contribution is -0.140. The second kappa shape index (κ2) is 5.35. The number of benzene rings is 1. The number of aliphatic hydroxyl groups is 1. The van der Waals surface area contributed by atoms with E-state index in [2.05, 4.69) is 15.9 Å². The Morgan fingerprint density at radius 1 is 1.35 bits per heavy atom. The highest BCUT2D eigenvalue weighted by Gasteiger charge is 2.36. The molecule has 0 aromatic heterocycles. The first kappa shape index (κ1) is 14.4. The average molecular weight is 315 g/mol. The van der Waals surface area contributed by atoms with Crippen molar-refractivity contribution in [3.05, 3.63) is 33.5 Å². The van der Waals surface area contributed by atoms with Crippen molar-refractivity contribution >= 4 is 15.9 Å². The molecule has 0 heterocycles. The summed E-state index contributed by atoms with van der Waals surface area (Å²) in [5.41, 5.74) is -1.69. The van der Waals surface area contributed by atoms with Crippen LogP contribution in [-0.2, 0) is 6.18 Å². The van der Waals surface area contributed by atoms with Gasteiger partial charge in [-0.2, -0.15) is 13.2 Å². The Morgan fingerprint density at radius 3 is 2.41 bits per heavy atom. The van der Waals surface area contributed by atoms with Crippen LogP contribution in [0.15, 0.2) is 16.6 Å². The van der Waals surface area contributed by atoms with Gasteiger partial charge in [-0.1, -0.05) is 29.3 Å². The second-order valence-electron chi connectivity index (χ2n) is 3.62. The van der Waals surface area contributed by atoms with Gasteiger partial charge in [-0.25, -0.2) is 4.39 Å². The minimum atomic E-state index is -4.76. The maximum atomic E-state index is 13.7. The van der Waals surface area contributed by atoms with Crippen molar-refractivity contribution in [1.82, 2.24) is 0 Å². The fourth-order valence-electron chi connectivity index (χ4n) is 1.51. The highest BCUT2D eigenvalue weighted by Crippen LogP contribution is 2.37. The quantitative estimate of drug-likeness (QED) is 0.818. The number of hydrogen-bond donors (Lipinski definition) is 1. The van der Waals surface area contributed by atoms with Crippen LogP contribution < -0.4 is 0 Å². The summed E-state index contributed by atoms with van der Waals surface area (Å²) in [5, 5.41) is 9.64. The third kappa shape index (κ3) is 3.19. The van der Waals surface area contributed by atoms with E-state index in [0.29, 0.717) is 12.5 Å². The fourth-order valence-corrected chi connectivity index (χ4v) is 2.08. The van der Waals surface area contributed by atoms with Gasteiger partial charge in [0.15, 0.2) is 0 Å². The second-order valence-corrected chi connectivity index (χ2v) is 4.48. The Labute approximate surface area is 105 Å². The van der Waals surface area contributed by atoms with E-state index in [-0.39, 0.29) is 16.5 Å². The van der Waals surface area contributed by atoms with E-state index in [1.54, 1.807) is 6.92 Å². The molecule has 0 radical (unpaired) electrons. The van der Waals surface area contributed by atoms with E-state index in [9.17, 15) is 22.7 Å². The molecule has 1 N–H and O–H groups in total. The van der Waals surface area contributed by atoms with Gasteiger partial charge < -0.3 is 5.11 Å². The molecule has 96 valence electrons. The van der Waals surface area contributed by atoms with Gasteiger partial charge in [0.05, 0.1) is 11.7 Å². The van der Waals surface area contributed by atoms with Crippen LogP contribution in [0, 0.1) is 5.82 Å². The molecule has 17 heavy (non-hydrogen) atoms. The van der Waals surface area contributed by atoms with Crippen LogP contribution in [0.2, 0.25) is 0 Å². The van der Waals surface area contributed by atoms with Crippen molar-refractivity contribution in [3.8, 4) is 0 Å². The lowest BCUT2D eigenvalue weighted by Gasteiger charge is -2.16. The monoisotopic (exact) mass is 314 g/mol. The maximum Gasteiger partial charge on any atom is 0.419 e. The van der Waals surface area contributed by atoms with Gasteiger partial charge in [0.2, 0.25) is 0 Å². The molecule has 0 spiro atoms. The molecule has 0 aliphatic rings. The largest absolute Gasteiger partial charge is 0.419 e. The van der Waals surface area contributed by atoms with Crippen molar-refractivity contribution in [2.75, 3.05) is 0 Å². The Bertz CT molecular complexity index is 403. The predicted molar refractivity (Wildman–Crippen MR) is 59.0 cm³/mol. The molecule has 1 aromatic carbocycles. The van der Waals surface area contributed by atoms with Gasteiger partial charge >= 0.3 is 6.18 Å². The third-order valence-corrected chi connectivity index (χ3v) is 3.02. The SMILES string of the molecule is CCCC(O)c1c(Br)ccc(C(F)(F)F)c1F. The highest BCUT2D eigenvalue weighted by atomic mass is 79.9. The van der Waals surface area contributed by atoms with E-state index in [0.717, 1.165) is 6.07 Å². The van der Waals surface area contributed by atoms with E-state index in [4.69, 9.17) is 0 Å². The first-order chi connectivity index (χ1) is 7.79. The summed E-state index contributed by atoms with van der Waals surface area (Å²) >= 11 is 2.95. The molecule has 1 atom stereocenters. The van der Waals surface area contributed by atoms with Crippen LogP contribution in [0.4, 0.5) is 17.6 Å². The molecule has 1 rings (SSSR count). The molecule has 0 bridgehead atoms. The van der Waals surface area contributed by atoms with Crippen molar-refractivity contribution in [3.63, 3.8) is 0 Å². The minimum Gasteiger partial charge on any atom is -0.388 e. The van der Waals surface area contributed by atoms with Crippen LogP contribution in [0.5, 0.6) is 0 Å². The third-order valence-electron chi connectivity index (χ3n) is 2.33. The molecular weight excluding hydrogens is 304 g/mol. The van der Waals surface area contributed by atoms with Crippen LogP contribution in [0.3, 0.4) is 0 Å². The number of alkyl halides is 3. The van der Waals surface area contributed by atoms with Crippen molar-refractivity contribution in [1.29, 1.82) is 0 Å². The molecule has 0 aliphatic carbocycles. The summed E-state index contributed by atoms with van der Waals surface area (Å²) < 4.78 is 51.3. The number of halogens is 5. The summed E-state index contributed by atoms with van der Waals surface area (Å²) in [6.45, 7) is 1.75. The van der Waals surface area contributed by atoms with Gasteiger partial charge in [-0.15, -0.1) is 0 Å². The van der Waals surface area contributed by atoms with Crippen molar-refractivity contribution in [2.45, 2.75) is 32.0 Å². The summed E-state index contributed by atoms with van der Waals surface area (Å²) in [6.07, 6.45) is -5.25. The summed E-state index contributed by atoms with van der Waals surface area (Å²) in [5.74, 6) is -1.41. The zero-order valence-corrected chi connectivity index (χ0v) is 10.6. The molecule has 0 saturated heterocycles. The maximum absolute atomic E-state index is 13.7. The van der Waals surface area contributed by atoms with Crippen LogP contribution in [-0.4, -0.2) is 5.11 Å². The number of rotatable bonds is 3. The summed E-state index contributed by atoms with van der Waals surface area (Å²) in [7, 11) is 0. The minimum absolute atomic E-state index is 0.143. The molecule has 0 aliphatic heterocycles. The Hall–Kier alpha value is -0.620. The van der Waals surface area contributed by atoms with Gasteiger partial charge in [0.1, 0.15) is 5.82 Å². The highest BCUT2D eigenvalue weighted by molar-refractivity contribution is 9.10. The predicted octanol–water partition coefficient (Wildman–Crippen LogP) is 4.44. The first-order valence-corrected chi connectivity index (χ1v) is 5.81. The van der Waals surface area contributed by atoms with E-state index in [1.165, 1.54) is 0 Å². The van der Waals surface area contributed by atoms with E-state index >= 15 is 0 Å². The fraction of sp³-hybridized carbons (Fsp3) is 0.455. The summed E-state index contributed by atoms with van der Waals surface area (Å²) in [6, 6.07) is 1.75. The normalized spacial score (nSPS) is 13.8. The van der Waals surface area contributed by atoms with Crippen LogP contribution in [0.1, 0.15) is 37.0 Å².